The van der Waals surface area contributed by atoms with Gasteiger partial charge in [-0.2, -0.15) is 4.37 Å². The van der Waals surface area contributed by atoms with Crippen molar-refractivity contribution < 1.29 is 0 Å². The minimum atomic E-state index is 0.380. The van der Waals surface area contributed by atoms with Crippen LogP contribution in [0.1, 0.15) is 32.5 Å². The summed E-state index contributed by atoms with van der Waals surface area (Å²) >= 11 is 1.48. The van der Waals surface area contributed by atoms with E-state index in [1.807, 2.05) is 20.8 Å². The van der Waals surface area contributed by atoms with Crippen LogP contribution in [0.2, 0.25) is 0 Å². The van der Waals surface area contributed by atoms with Gasteiger partial charge in [-0.15, -0.1) is 0 Å². The molecule has 0 bridgehead atoms. The molecule has 1 aliphatic heterocycles. The van der Waals surface area contributed by atoms with E-state index in [0.29, 0.717) is 6.04 Å². The molecule has 15 heavy (non-hydrogen) atoms. The van der Waals surface area contributed by atoms with Crippen LogP contribution in [0, 0.1) is 6.92 Å². The van der Waals surface area contributed by atoms with Crippen LogP contribution in [0.5, 0.6) is 0 Å². The molecule has 2 heterocycles. The number of nitrogens with two attached hydrogens (primary N) is 1. The van der Waals surface area contributed by atoms with Crippen LogP contribution < -0.4 is 10.6 Å². The Morgan fingerprint density at radius 1 is 1.33 bits per heavy atom. The molecule has 0 atom stereocenters. The van der Waals surface area contributed by atoms with Crippen LogP contribution in [0.3, 0.4) is 0 Å². The summed E-state index contributed by atoms with van der Waals surface area (Å²) in [5.74, 6) is 0.870. The number of rotatable bonds is 1. The van der Waals surface area contributed by atoms with E-state index < -0.39 is 0 Å². The molecule has 4 nitrogen and oxygen atoms in total. The van der Waals surface area contributed by atoms with Crippen molar-refractivity contribution in [2.45, 2.75) is 39.7 Å². The van der Waals surface area contributed by atoms with Crippen LogP contribution in [-0.4, -0.2) is 28.5 Å². The van der Waals surface area contributed by atoms with Crippen LogP contribution in [0.4, 0.5) is 5.13 Å². The summed E-state index contributed by atoms with van der Waals surface area (Å²) in [5.41, 5.74) is 5.82. The van der Waals surface area contributed by atoms with Gasteiger partial charge >= 0.3 is 0 Å². The molecule has 0 aromatic carbocycles. The minimum Gasteiger partial charge on any atom is -0.347 e. The number of hydrogen-bond donors (Lipinski definition) is 1. The van der Waals surface area contributed by atoms with Gasteiger partial charge in [0.1, 0.15) is 5.82 Å². The third-order valence-corrected chi connectivity index (χ3v) is 3.20. The minimum absolute atomic E-state index is 0.380. The van der Waals surface area contributed by atoms with Crippen molar-refractivity contribution in [1.29, 1.82) is 0 Å². The Kier molecular flexibility index (Phi) is 4.98. The Morgan fingerprint density at radius 3 is 2.40 bits per heavy atom. The maximum absolute atomic E-state index is 5.82. The molecule has 0 radical (unpaired) electrons. The molecule has 86 valence electrons. The first-order chi connectivity index (χ1) is 7.25. The third kappa shape index (κ3) is 3.43. The van der Waals surface area contributed by atoms with E-state index in [9.17, 15) is 0 Å². The van der Waals surface area contributed by atoms with Gasteiger partial charge in [0, 0.05) is 30.7 Å². The molecule has 1 fully saturated rings. The standard InChI is InChI=1S/C8H14N4S.C2H6/c1-6-10-8(13-11-6)12-4-2-7(9)3-5-12;1-2/h7H,2-5,9H2,1H3;1-2H3. The fourth-order valence-electron chi connectivity index (χ4n) is 1.51. The zero-order valence-electron chi connectivity index (χ0n) is 9.73. The molecule has 2 N–H and O–H groups in total. The lowest BCUT2D eigenvalue weighted by molar-refractivity contribution is 0.500. The summed E-state index contributed by atoms with van der Waals surface area (Å²) in [6.07, 6.45) is 2.14. The SMILES string of the molecule is CC.Cc1nsc(N2CCC(N)CC2)n1. The fourth-order valence-corrected chi connectivity index (χ4v) is 2.23. The lowest BCUT2D eigenvalue weighted by Crippen LogP contribution is -2.39. The molecule has 0 spiro atoms. The van der Waals surface area contributed by atoms with E-state index >= 15 is 0 Å². The second-order valence-corrected chi connectivity index (χ2v) is 4.18. The molecule has 5 heteroatoms. The van der Waals surface area contributed by atoms with E-state index in [-0.39, 0.29) is 0 Å². The molecule has 1 aliphatic rings. The zero-order valence-corrected chi connectivity index (χ0v) is 10.5. The predicted molar refractivity (Wildman–Crippen MR) is 65.4 cm³/mol. The molecule has 1 aromatic rings. The van der Waals surface area contributed by atoms with Gasteiger partial charge in [-0.3, -0.25) is 0 Å². The van der Waals surface area contributed by atoms with E-state index in [1.54, 1.807) is 0 Å². The second kappa shape index (κ2) is 6.02. The average molecular weight is 228 g/mol. The number of anilines is 1. The summed E-state index contributed by atoms with van der Waals surface area (Å²) in [4.78, 5) is 6.62. The zero-order chi connectivity index (χ0) is 11.3. The molecular formula is C10H20N4S. The van der Waals surface area contributed by atoms with Crippen LogP contribution in [0.25, 0.3) is 0 Å². The lowest BCUT2D eigenvalue weighted by Gasteiger charge is -2.29. The lowest BCUT2D eigenvalue weighted by atomic mass is 10.1. The van der Waals surface area contributed by atoms with Crippen molar-refractivity contribution in [3.05, 3.63) is 5.82 Å². The maximum atomic E-state index is 5.82. The highest BCUT2D eigenvalue weighted by Crippen LogP contribution is 2.20. The van der Waals surface area contributed by atoms with Gasteiger partial charge in [0.05, 0.1) is 0 Å². The Hall–Kier alpha value is -0.680. The van der Waals surface area contributed by atoms with E-state index in [4.69, 9.17) is 5.73 Å². The normalized spacial score (nSPS) is 17.2. The van der Waals surface area contributed by atoms with Gasteiger partial charge in [-0.05, 0) is 19.8 Å². The monoisotopic (exact) mass is 228 g/mol. The van der Waals surface area contributed by atoms with E-state index in [2.05, 4.69) is 14.3 Å². The highest BCUT2D eigenvalue weighted by molar-refractivity contribution is 7.09. The van der Waals surface area contributed by atoms with Gasteiger partial charge in [-0.25, -0.2) is 4.98 Å². The molecule has 1 aromatic heterocycles. The summed E-state index contributed by atoms with van der Waals surface area (Å²) < 4.78 is 4.17. The van der Waals surface area contributed by atoms with Crippen LogP contribution in [0.15, 0.2) is 0 Å². The number of hydrogen-bond acceptors (Lipinski definition) is 5. The van der Waals surface area contributed by atoms with Crippen molar-refractivity contribution in [2.75, 3.05) is 18.0 Å². The van der Waals surface area contributed by atoms with Crippen LogP contribution in [-0.2, 0) is 0 Å². The van der Waals surface area contributed by atoms with Crippen molar-refractivity contribution in [3.63, 3.8) is 0 Å². The molecule has 0 amide bonds. The number of nitrogens with zero attached hydrogens (tertiary/aromatic N) is 3. The van der Waals surface area contributed by atoms with Crippen molar-refractivity contribution >= 4 is 16.7 Å². The molecule has 1 saturated heterocycles. The Balaban J connectivity index is 0.000000531. The summed E-state index contributed by atoms with van der Waals surface area (Å²) in [6, 6.07) is 0.380. The Bertz CT molecular complexity index is 279. The third-order valence-electron chi connectivity index (χ3n) is 2.33. The van der Waals surface area contributed by atoms with Gasteiger partial charge in [0.25, 0.3) is 0 Å². The largest absolute Gasteiger partial charge is 0.347 e. The van der Waals surface area contributed by atoms with Gasteiger partial charge in [-0.1, -0.05) is 13.8 Å². The highest BCUT2D eigenvalue weighted by atomic mass is 32.1. The molecule has 0 unspecified atom stereocenters. The summed E-state index contributed by atoms with van der Waals surface area (Å²) in [6.45, 7) is 7.97. The Labute approximate surface area is 95.7 Å². The fraction of sp³-hybridized carbons (Fsp3) is 0.800. The van der Waals surface area contributed by atoms with E-state index in [1.165, 1.54) is 11.5 Å². The first-order valence-corrected chi connectivity index (χ1v) is 6.34. The molecule has 0 aliphatic carbocycles. The maximum Gasteiger partial charge on any atom is 0.205 e. The first-order valence-electron chi connectivity index (χ1n) is 5.56. The average Bonchev–Trinajstić information content (AvgIpc) is 2.69. The molecule has 2 rings (SSSR count). The number of piperidine rings is 1. The molecule has 0 saturated carbocycles. The number of aromatic nitrogens is 2. The van der Waals surface area contributed by atoms with Crippen molar-refractivity contribution in [3.8, 4) is 0 Å². The second-order valence-electron chi connectivity index (χ2n) is 3.45. The predicted octanol–water partition coefficient (Wildman–Crippen LogP) is 1.80. The van der Waals surface area contributed by atoms with E-state index in [0.717, 1.165) is 36.9 Å². The number of aryl methyl sites for hydroxylation is 1. The van der Waals surface area contributed by atoms with Crippen molar-refractivity contribution in [2.24, 2.45) is 5.73 Å². The van der Waals surface area contributed by atoms with Gasteiger partial charge < -0.3 is 10.6 Å². The molecular weight excluding hydrogens is 208 g/mol. The van der Waals surface area contributed by atoms with Crippen LogP contribution >= 0.6 is 11.5 Å². The van der Waals surface area contributed by atoms with Crippen molar-refractivity contribution in [1.82, 2.24) is 9.36 Å². The quantitative estimate of drug-likeness (QED) is 0.796. The highest BCUT2D eigenvalue weighted by Gasteiger charge is 2.18. The first kappa shape index (κ1) is 12.4. The summed E-state index contributed by atoms with van der Waals surface area (Å²) in [7, 11) is 0. The van der Waals surface area contributed by atoms with Gasteiger partial charge in [0.15, 0.2) is 0 Å². The summed E-state index contributed by atoms with van der Waals surface area (Å²) in [5, 5.41) is 1.05. The topological polar surface area (TPSA) is 55.0 Å². The Morgan fingerprint density at radius 2 is 1.93 bits per heavy atom. The van der Waals surface area contributed by atoms with Gasteiger partial charge in [0.2, 0.25) is 5.13 Å². The smallest absolute Gasteiger partial charge is 0.205 e.